The Kier molecular flexibility index (Phi) is 0.733. The molecule has 0 bridgehead atoms. The van der Waals surface area contributed by atoms with Crippen LogP contribution in [0, 0.1) is 6.85 Å². The van der Waals surface area contributed by atoms with E-state index in [9.17, 15) is 0 Å². The van der Waals surface area contributed by atoms with E-state index in [0.29, 0.717) is 0 Å². The predicted octanol–water partition coefficient (Wildman–Crippen LogP) is 1.40. The van der Waals surface area contributed by atoms with Gasteiger partial charge >= 0.3 is 0 Å². The second-order valence-corrected chi connectivity index (χ2v) is 2.45. The molecule has 1 heterocycles. The summed E-state index contributed by atoms with van der Waals surface area (Å²) in [6.07, 6.45) is 0. The SMILES string of the molecule is [2H]C([2H])([2H])c1ccccc1N1C([2H])([2H])C([2H])([2H])NC([2H])([2H])C1([2H])[2H]. The highest BCUT2D eigenvalue weighted by molar-refractivity contribution is 5.53. The zero-order valence-corrected chi connectivity index (χ0v) is 6.76. The van der Waals surface area contributed by atoms with Gasteiger partial charge < -0.3 is 10.2 Å². The fraction of sp³-hybridized carbons (Fsp3) is 0.455. The van der Waals surface area contributed by atoms with E-state index >= 15 is 0 Å². The Hall–Kier alpha value is -1.02. The van der Waals surface area contributed by atoms with Crippen LogP contribution in [0.15, 0.2) is 24.3 Å². The minimum atomic E-state index is -3.07. The first-order chi connectivity index (χ1) is 10.6. The van der Waals surface area contributed by atoms with Crippen molar-refractivity contribution < 1.29 is 15.1 Å². The smallest absolute Gasteiger partial charge is 0.0506 e. The topological polar surface area (TPSA) is 15.3 Å². The Morgan fingerprint density at radius 1 is 1.38 bits per heavy atom. The number of anilines is 1. The fourth-order valence-electron chi connectivity index (χ4n) is 1.02. The van der Waals surface area contributed by atoms with Crippen molar-refractivity contribution in [3.63, 3.8) is 0 Å². The largest absolute Gasteiger partial charge is 0.369 e. The monoisotopic (exact) mass is 187 g/mol. The summed E-state index contributed by atoms with van der Waals surface area (Å²) in [7, 11) is 0. The van der Waals surface area contributed by atoms with Crippen LogP contribution in [0.25, 0.3) is 0 Å². The zero-order chi connectivity index (χ0) is 18.8. The predicted molar refractivity (Wildman–Crippen MR) is 56.3 cm³/mol. The molecule has 0 atom stereocenters. The molecule has 0 saturated carbocycles. The number of nitrogens with zero attached hydrogens (tertiary/aromatic N) is 1. The highest BCUT2D eigenvalue weighted by Gasteiger charge is 2.10. The lowest BCUT2D eigenvalue weighted by atomic mass is 10.1. The zero-order valence-electron chi connectivity index (χ0n) is 17.8. The molecule has 0 radical (unpaired) electrons. The second kappa shape index (κ2) is 3.79. The van der Waals surface area contributed by atoms with Gasteiger partial charge in [-0.15, -0.1) is 0 Å². The first kappa shape index (κ1) is 2.51. The van der Waals surface area contributed by atoms with Gasteiger partial charge in [0, 0.05) is 41.3 Å². The van der Waals surface area contributed by atoms with Crippen LogP contribution in [-0.2, 0) is 0 Å². The molecule has 1 aliphatic heterocycles. The van der Waals surface area contributed by atoms with Gasteiger partial charge in [-0.1, -0.05) is 18.2 Å². The summed E-state index contributed by atoms with van der Waals surface area (Å²) < 4.78 is 85.8. The molecule has 0 aromatic heterocycles. The van der Waals surface area contributed by atoms with Crippen LogP contribution in [0.4, 0.5) is 5.69 Å². The van der Waals surface area contributed by atoms with Crippen molar-refractivity contribution in [2.24, 2.45) is 0 Å². The van der Waals surface area contributed by atoms with Crippen molar-refractivity contribution in [1.82, 2.24) is 5.32 Å². The molecule has 0 aliphatic carbocycles. The van der Waals surface area contributed by atoms with E-state index in [2.05, 4.69) is 0 Å². The number of rotatable bonds is 1. The number of nitrogens with one attached hydrogen (secondary N) is 1. The number of hydrogen-bond acceptors (Lipinski definition) is 2. The summed E-state index contributed by atoms with van der Waals surface area (Å²) in [5.74, 6) is 0. The lowest BCUT2D eigenvalue weighted by Crippen LogP contribution is -2.43. The summed E-state index contributed by atoms with van der Waals surface area (Å²) in [5.41, 5.74) is -0.826. The molecule has 1 aromatic rings. The molecule has 2 nitrogen and oxygen atoms in total. The molecular formula is C11H16N2. The maximum atomic E-state index is 8.02. The minimum Gasteiger partial charge on any atom is -0.369 e. The molecule has 13 heavy (non-hydrogen) atoms. The van der Waals surface area contributed by atoms with Gasteiger partial charge in [0.15, 0.2) is 0 Å². The summed E-state index contributed by atoms with van der Waals surface area (Å²) in [6, 6.07) is 5.02. The van der Waals surface area contributed by atoms with Crippen LogP contribution in [0.1, 0.15) is 20.6 Å². The summed E-state index contributed by atoms with van der Waals surface area (Å²) in [5, 5.41) is 1.70. The van der Waals surface area contributed by atoms with Crippen molar-refractivity contribution in [2.75, 3.05) is 30.9 Å². The Balaban J connectivity index is 2.79. The van der Waals surface area contributed by atoms with Gasteiger partial charge in [0.2, 0.25) is 0 Å². The third kappa shape index (κ3) is 1.83. The Labute approximate surface area is 95.0 Å². The Bertz CT molecular complexity index is 611. The second-order valence-electron chi connectivity index (χ2n) is 2.45. The number of benzene rings is 1. The van der Waals surface area contributed by atoms with Gasteiger partial charge in [0.1, 0.15) is 0 Å². The summed E-state index contributed by atoms with van der Waals surface area (Å²) in [6.45, 7) is -14.8. The molecule has 0 unspecified atom stereocenters. The van der Waals surface area contributed by atoms with Gasteiger partial charge in [0.25, 0.3) is 0 Å². The molecule has 2 heteroatoms. The Morgan fingerprint density at radius 3 is 2.92 bits per heavy atom. The fourth-order valence-corrected chi connectivity index (χ4v) is 1.02. The summed E-state index contributed by atoms with van der Waals surface area (Å²) >= 11 is 0. The molecule has 1 fully saturated rings. The first-order valence-electron chi connectivity index (χ1n) is 9.25. The van der Waals surface area contributed by atoms with E-state index in [-0.39, 0.29) is 4.90 Å². The van der Waals surface area contributed by atoms with E-state index in [0.717, 1.165) is 12.1 Å². The van der Waals surface area contributed by atoms with E-state index in [4.69, 9.17) is 15.1 Å². The summed E-state index contributed by atoms with van der Waals surface area (Å²) in [4.78, 5) is 0.234. The normalized spacial score (nSPS) is 46.5. The molecule has 70 valence electrons. The lowest BCUT2D eigenvalue weighted by Gasteiger charge is -2.30. The standard InChI is InChI=1S/C11H16N2/c1-10-4-2-3-5-11(10)13-8-6-12-7-9-13/h2-5,12H,6-9H2,1H3/i1D3,6D2,7D2,8D2,9D2. The lowest BCUT2D eigenvalue weighted by molar-refractivity contribution is 0.588. The number of hydrogen-bond donors (Lipinski definition) is 1. The van der Waals surface area contributed by atoms with Crippen molar-refractivity contribution in [3.05, 3.63) is 29.8 Å². The molecule has 1 aromatic carbocycles. The molecule has 1 aliphatic rings. The van der Waals surface area contributed by atoms with E-state index in [1.54, 1.807) is 5.32 Å². The van der Waals surface area contributed by atoms with Crippen LogP contribution in [-0.4, -0.2) is 26.0 Å². The first-order valence-corrected chi connectivity index (χ1v) is 3.75. The van der Waals surface area contributed by atoms with Crippen LogP contribution < -0.4 is 10.2 Å². The minimum absolute atomic E-state index is 0.234. The van der Waals surface area contributed by atoms with E-state index in [1.807, 2.05) is 0 Å². The maximum absolute atomic E-state index is 8.02. The van der Waals surface area contributed by atoms with Gasteiger partial charge in [-0.25, -0.2) is 0 Å². The van der Waals surface area contributed by atoms with Gasteiger partial charge in [-0.3, -0.25) is 0 Å². The van der Waals surface area contributed by atoms with Crippen molar-refractivity contribution in [3.8, 4) is 0 Å². The number of piperazine rings is 1. The third-order valence-corrected chi connectivity index (χ3v) is 1.61. The van der Waals surface area contributed by atoms with Crippen molar-refractivity contribution in [1.29, 1.82) is 0 Å². The molecule has 2 rings (SSSR count). The highest BCUT2D eigenvalue weighted by Crippen LogP contribution is 2.19. The molecule has 0 spiro atoms. The maximum Gasteiger partial charge on any atom is 0.0506 e. The van der Waals surface area contributed by atoms with Crippen molar-refractivity contribution in [2.45, 2.75) is 6.85 Å². The quantitative estimate of drug-likeness (QED) is 0.715. The number of aryl methyl sites for hydroxylation is 1. The average molecular weight is 187 g/mol. The average Bonchev–Trinajstić information content (AvgIpc) is 2.34. The Morgan fingerprint density at radius 2 is 2.15 bits per heavy atom. The van der Waals surface area contributed by atoms with Crippen LogP contribution in [0.2, 0.25) is 0 Å². The van der Waals surface area contributed by atoms with E-state index < -0.39 is 44.1 Å². The number of para-hydroxylation sites is 1. The van der Waals surface area contributed by atoms with E-state index in [1.165, 1.54) is 12.1 Å². The van der Waals surface area contributed by atoms with Crippen LogP contribution in [0.5, 0.6) is 0 Å². The van der Waals surface area contributed by atoms with Crippen molar-refractivity contribution >= 4 is 5.69 Å². The van der Waals surface area contributed by atoms with Gasteiger partial charge in [-0.2, -0.15) is 0 Å². The van der Waals surface area contributed by atoms with Gasteiger partial charge in [0.05, 0.1) is 5.48 Å². The van der Waals surface area contributed by atoms with Gasteiger partial charge in [-0.05, 0) is 18.5 Å². The molecule has 1 saturated heterocycles. The highest BCUT2D eigenvalue weighted by atomic mass is 15.2. The molecular weight excluding hydrogens is 160 g/mol. The molecule has 0 amide bonds. The van der Waals surface area contributed by atoms with Crippen LogP contribution in [0.3, 0.4) is 0 Å². The molecule has 1 N–H and O–H groups in total. The van der Waals surface area contributed by atoms with Crippen LogP contribution >= 0.6 is 0 Å². The third-order valence-electron chi connectivity index (χ3n) is 1.61.